The molecule has 0 spiro atoms. The average Bonchev–Trinajstić information content (AvgIpc) is 2.41. The Morgan fingerprint density at radius 1 is 0.920 bits per heavy atom. The van der Waals surface area contributed by atoms with Gasteiger partial charge in [0.2, 0.25) is 0 Å². The van der Waals surface area contributed by atoms with Crippen LogP contribution >= 0.6 is 0 Å². The highest BCUT2D eigenvalue weighted by Gasteiger charge is 2.51. The molecule has 1 fully saturated rings. The molecule has 0 aromatic rings. The Kier molecular flexibility index (Phi) is 7.29. The standard InChI is InChI=1S/C13H20O11S/c1-6(14)21-10-9(5-20-25(4,18)19)24-13(17)12(23-8(3)16)11(10)22-7(2)15/h9-13,17H,5H2,1-4H3/t9-,10-,11+,12+,13+/m1/s1. The van der Waals surface area contributed by atoms with E-state index in [0.29, 0.717) is 0 Å². The minimum Gasteiger partial charge on any atom is -0.456 e. The van der Waals surface area contributed by atoms with E-state index in [1.165, 1.54) is 0 Å². The number of esters is 3. The van der Waals surface area contributed by atoms with Crippen LogP contribution in [0.2, 0.25) is 0 Å². The van der Waals surface area contributed by atoms with Crippen LogP contribution in [0, 0.1) is 0 Å². The maximum absolute atomic E-state index is 11.4. The van der Waals surface area contributed by atoms with Crippen molar-refractivity contribution in [2.75, 3.05) is 12.9 Å². The molecule has 0 amide bonds. The van der Waals surface area contributed by atoms with Crippen molar-refractivity contribution in [3.8, 4) is 0 Å². The lowest BCUT2D eigenvalue weighted by atomic mass is 9.98. The van der Waals surface area contributed by atoms with Gasteiger partial charge in [-0.2, -0.15) is 8.42 Å². The molecule has 1 rings (SSSR count). The largest absolute Gasteiger partial charge is 0.456 e. The third-order valence-corrected chi connectivity index (χ3v) is 3.53. The fraction of sp³-hybridized carbons (Fsp3) is 0.769. The first kappa shape index (κ1) is 21.3. The summed E-state index contributed by atoms with van der Waals surface area (Å²) in [5.74, 6) is -2.42. The fourth-order valence-corrected chi connectivity index (χ4v) is 2.58. The number of aliphatic hydroxyl groups excluding tert-OH is 1. The zero-order valence-corrected chi connectivity index (χ0v) is 14.8. The predicted molar refractivity (Wildman–Crippen MR) is 78.3 cm³/mol. The van der Waals surface area contributed by atoms with E-state index in [2.05, 4.69) is 4.18 Å². The van der Waals surface area contributed by atoms with Gasteiger partial charge in [-0.25, -0.2) is 0 Å². The first-order chi connectivity index (χ1) is 11.4. The molecule has 1 saturated heterocycles. The molecule has 1 aliphatic heterocycles. The first-order valence-electron chi connectivity index (χ1n) is 7.10. The first-order valence-corrected chi connectivity index (χ1v) is 8.92. The molecule has 11 nitrogen and oxygen atoms in total. The SMILES string of the molecule is CC(=O)O[C@@H]1[C@H](OC(C)=O)[C@@H](O)O[C@H](COS(C)(=O)=O)[C@H]1OC(C)=O. The fourth-order valence-electron chi connectivity index (χ4n) is 2.20. The summed E-state index contributed by atoms with van der Waals surface area (Å²) in [4.78, 5) is 33.9. The molecule has 5 atom stereocenters. The molecular formula is C13H20O11S. The van der Waals surface area contributed by atoms with Gasteiger partial charge < -0.3 is 24.1 Å². The van der Waals surface area contributed by atoms with Gasteiger partial charge in [-0.05, 0) is 0 Å². The highest BCUT2D eigenvalue weighted by molar-refractivity contribution is 7.85. The van der Waals surface area contributed by atoms with Crippen LogP contribution in [0.15, 0.2) is 0 Å². The third-order valence-electron chi connectivity index (χ3n) is 2.96. The molecule has 0 aliphatic carbocycles. The highest BCUT2D eigenvalue weighted by atomic mass is 32.2. The Hall–Kier alpha value is -1.76. The Bertz CT molecular complexity index is 613. The maximum Gasteiger partial charge on any atom is 0.303 e. The molecule has 0 aromatic carbocycles. The number of carbonyl (C=O) groups is 3. The minimum absolute atomic E-state index is 0.627. The summed E-state index contributed by atoms with van der Waals surface area (Å²) < 4.78 is 47.0. The molecule has 144 valence electrons. The van der Waals surface area contributed by atoms with Crippen LogP contribution in [0.3, 0.4) is 0 Å². The van der Waals surface area contributed by atoms with Crippen molar-refractivity contribution in [1.82, 2.24) is 0 Å². The van der Waals surface area contributed by atoms with E-state index in [4.69, 9.17) is 18.9 Å². The Balaban J connectivity index is 3.15. The van der Waals surface area contributed by atoms with E-state index >= 15 is 0 Å². The number of aliphatic hydroxyl groups is 1. The number of carbonyl (C=O) groups excluding carboxylic acids is 3. The lowest BCUT2D eigenvalue weighted by Crippen LogP contribution is -2.62. The van der Waals surface area contributed by atoms with Gasteiger partial charge >= 0.3 is 17.9 Å². The number of rotatable bonds is 6. The van der Waals surface area contributed by atoms with Crippen LogP contribution in [0.25, 0.3) is 0 Å². The molecular weight excluding hydrogens is 364 g/mol. The van der Waals surface area contributed by atoms with Gasteiger partial charge in [0.15, 0.2) is 24.6 Å². The summed E-state index contributed by atoms with van der Waals surface area (Å²) in [6.07, 6.45) is -6.57. The maximum atomic E-state index is 11.4. The van der Waals surface area contributed by atoms with E-state index in [0.717, 1.165) is 27.0 Å². The number of ether oxygens (including phenoxy) is 4. The Morgan fingerprint density at radius 3 is 1.80 bits per heavy atom. The van der Waals surface area contributed by atoms with Crippen molar-refractivity contribution in [3.63, 3.8) is 0 Å². The molecule has 12 heteroatoms. The molecule has 1 N–H and O–H groups in total. The van der Waals surface area contributed by atoms with Gasteiger partial charge in [0.25, 0.3) is 10.1 Å². The molecule has 0 saturated carbocycles. The number of hydrogen-bond acceptors (Lipinski definition) is 11. The van der Waals surface area contributed by atoms with E-state index < -0.39 is 65.3 Å². The van der Waals surface area contributed by atoms with Crippen LogP contribution < -0.4 is 0 Å². The van der Waals surface area contributed by atoms with Gasteiger partial charge in [0, 0.05) is 20.8 Å². The zero-order valence-electron chi connectivity index (χ0n) is 14.0. The summed E-state index contributed by atoms with van der Waals surface area (Å²) >= 11 is 0. The quantitative estimate of drug-likeness (QED) is 0.323. The van der Waals surface area contributed by atoms with Crippen molar-refractivity contribution < 1.29 is 51.0 Å². The normalized spacial score (nSPS) is 29.6. The Morgan fingerprint density at radius 2 is 1.36 bits per heavy atom. The van der Waals surface area contributed by atoms with E-state index in [9.17, 15) is 27.9 Å². The highest BCUT2D eigenvalue weighted by Crippen LogP contribution is 2.28. The van der Waals surface area contributed by atoms with Gasteiger partial charge in [0.05, 0.1) is 12.9 Å². The summed E-state index contributed by atoms with van der Waals surface area (Å²) in [5, 5.41) is 10.0. The Labute approximate surface area is 144 Å². The monoisotopic (exact) mass is 384 g/mol. The van der Waals surface area contributed by atoms with Gasteiger partial charge in [-0.15, -0.1) is 0 Å². The van der Waals surface area contributed by atoms with E-state index in [1.54, 1.807) is 0 Å². The van der Waals surface area contributed by atoms with Crippen LogP contribution in [0.4, 0.5) is 0 Å². The summed E-state index contributed by atoms with van der Waals surface area (Å²) in [6, 6.07) is 0. The van der Waals surface area contributed by atoms with Crippen molar-refractivity contribution >= 4 is 28.0 Å². The van der Waals surface area contributed by atoms with E-state index in [-0.39, 0.29) is 0 Å². The van der Waals surface area contributed by atoms with Crippen molar-refractivity contribution in [2.45, 2.75) is 51.5 Å². The molecule has 0 unspecified atom stereocenters. The van der Waals surface area contributed by atoms with Crippen LogP contribution in [-0.4, -0.2) is 75.0 Å². The van der Waals surface area contributed by atoms with Crippen molar-refractivity contribution in [2.24, 2.45) is 0 Å². The van der Waals surface area contributed by atoms with Crippen LogP contribution in [-0.2, 0) is 47.6 Å². The predicted octanol–water partition coefficient (Wildman–Crippen LogP) is -1.53. The van der Waals surface area contributed by atoms with Gasteiger partial charge in [0.1, 0.15) is 6.10 Å². The van der Waals surface area contributed by atoms with Gasteiger partial charge in [-0.1, -0.05) is 0 Å². The van der Waals surface area contributed by atoms with Crippen molar-refractivity contribution in [1.29, 1.82) is 0 Å². The summed E-state index contributed by atoms with van der Waals surface area (Å²) in [7, 11) is -3.86. The van der Waals surface area contributed by atoms with E-state index in [1.807, 2.05) is 0 Å². The molecule has 0 aromatic heterocycles. The van der Waals surface area contributed by atoms with Crippen LogP contribution in [0.1, 0.15) is 20.8 Å². The summed E-state index contributed by atoms with van der Waals surface area (Å²) in [5.41, 5.74) is 0. The lowest BCUT2D eigenvalue weighted by molar-refractivity contribution is -0.294. The smallest absolute Gasteiger partial charge is 0.303 e. The molecule has 0 bridgehead atoms. The molecule has 0 radical (unpaired) electrons. The second-order valence-corrected chi connectivity index (χ2v) is 6.92. The molecule has 1 heterocycles. The van der Waals surface area contributed by atoms with Crippen molar-refractivity contribution in [3.05, 3.63) is 0 Å². The van der Waals surface area contributed by atoms with Gasteiger partial charge in [-0.3, -0.25) is 18.6 Å². The molecule has 1 aliphatic rings. The minimum atomic E-state index is -3.86. The molecule has 25 heavy (non-hydrogen) atoms. The van der Waals surface area contributed by atoms with Crippen LogP contribution in [0.5, 0.6) is 0 Å². The second kappa shape index (κ2) is 8.56. The third kappa shape index (κ3) is 6.94. The second-order valence-electron chi connectivity index (χ2n) is 5.28. The number of hydrogen-bond donors (Lipinski definition) is 1. The zero-order chi connectivity index (χ0) is 19.4. The lowest BCUT2D eigenvalue weighted by Gasteiger charge is -2.42. The topological polar surface area (TPSA) is 152 Å². The average molecular weight is 384 g/mol. The summed E-state index contributed by atoms with van der Waals surface area (Å²) in [6.45, 7) is 2.54.